The lowest BCUT2D eigenvalue weighted by Crippen LogP contribution is -2.20. The van der Waals surface area contributed by atoms with E-state index < -0.39 is 11.9 Å². The summed E-state index contributed by atoms with van der Waals surface area (Å²) in [6.45, 7) is -0.233. The van der Waals surface area contributed by atoms with Crippen molar-refractivity contribution in [1.82, 2.24) is 0 Å². The normalized spacial score (nSPS) is 9.84. The van der Waals surface area contributed by atoms with E-state index in [9.17, 15) is 14.4 Å². The van der Waals surface area contributed by atoms with Crippen LogP contribution in [0, 0.1) is 0 Å². The summed E-state index contributed by atoms with van der Waals surface area (Å²) >= 11 is 0. The molecular formula is C18H17NO6. The number of esters is 2. The summed E-state index contributed by atoms with van der Waals surface area (Å²) < 4.78 is 14.6. The van der Waals surface area contributed by atoms with Gasteiger partial charge < -0.3 is 19.5 Å². The van der Waals surface area contributed by atoms with E-state index in [4.69, 9.17) is 4.74 Å². The largest absolute Gasteiger partial charge is 0.484 e. The quantitative estimate of drug-likeness (QED) is 0.809. The first-order valence-corrected chi connectivity index (χ1v) is 7.33. The maximum absolute atomic E-state index is 11.9. The number of benzene rings is 2. The molecule has 2 rings (SSSR count). The van der Waals surface area contributed by atoms with Crippen LogP contribution in [0.5, 0.6) is 5.75 Å². The van der Waals surface area contributed by atoms with Crippen LogP contribution >= 0.6 is 0 Å². The smallest absolute Gasteiger partial charge is 0.337 e. The van der Waals surface area contributed by atoms with Crippen LogP contribution in [0.1, 0.15) is 20.7 Å². The molecule has 7 nitrogen and oxygen atoms in total. The van der Waals surface area contributed by atoms with Crippen LogP contribution in [0.25, 0.3) is 0 Å². The van der Waals surface area contributed by atoms with Gasteiger partial charge in [0.25, 0.3) is 5.91 Å². The van der Waals surface area contributed by atoms with Gasteiger partial charge in [0.2, 0.25) is 0 Å². The fourth-order valence-electron chi connectivity index (χ4n) is 1.98. The van der Waals surface area contributed by atoms with E-state index in [1.807, 2.05) is 0 Å². The highest BCUT2D eigenvalue weighted by Gasteiger charge is 2.09. The highest BCUT2D eigenvalue weighted by molar-refractivity contribution is 5.94. The molecule has 0 radical (unpaired) electrons. The molecule has 0 aliphatic rings. The standard InChI is InChI=1S/C18H17NO6/c1-23-17(21)12-6-8-14(9-7-12)19-16(20)11-25-15-5-3-4-13(10-15)18(22)24-2/h3-10H,11H2,1-2H3,(H,19,20). The van der Waals surface area contributed by atoms with E-state index in [1.165, 1.54) is 20.3 Å². The summed E-state index contributed by atoms with van der Waals surface area (Å²) in [7, 11) is 2.58. The Labute approximate surface area is 144 Å². The minimum atomic E-state index is -0.486. The first kappa shape index (κ1) is 18.0. The Kier molecular flexibility index (Phi) is 6.11. The Balaban J connectivity index is 1.90. The average molecular weight is 343 g/mol. The molecule has 0 aliphatic heterocycles. The predicted molar refractivity (Wildman–Crippen MR) is 89.7 cm³/mol. The summed E-state index contributed by atoms with van der Waals surface area (Å²) in [5.41, 5.74) is 1.24. The molecule has 0 bridgehead atoms. The number of carbonyl (C=O) groups is 3. The topological polar surface area (TPSA) is 90.9 Å². The second-order valence-corrected chi connectivity index (χ2v) is 4.93. The predicted octanol–water partition coefficient (Wildman–Crippen LogP) is 2.28. The van der Waals surface area contributed by atoms with E-state index >= 15 is 0 Å². The van der Waals surface area contributed by atoms with Gasteiger partial charge >= 0.3 is 11.9 Å². The molecule has 0 fully saturated rings. The van der Waals surface area contributed by atoms with Gasteiger partial charge in [0, 0.05) is 5.69 Å². The minimum Gasteiger partial charge on any atom is -0.484 e. The van der Waals surface area contributed by atoms with Crippen LogP contribution in [0.3, 0.4) is 0 Å². The SMILES string of the molecule is COC(=O)c1ccc(NC(=O)COc2cccc(C(=O)OC)c2)cc1. The fourth-order valence-corrected chi connectivity index (χ4v) is 1.98. The second kappa shape index (κ2) is 8.49. The van der Waals surface area contributed by atoms with Crippen molar-refractivity contribution in [1.29, 1.82) is 0 Å². The van der Waals surface area contributed by atoms with Crippen LogP contribution in [0.15, 0.2) is 48.5 Å². The van der Waals surface area contributed by atoms with Crippen molar-refractivity contribution in [2.24, 2.45) is 0 Å². The van der Waals surface area contributed by atoms with Gasteiger partial charge in [0.05, 0.1) is 25.3 Å². The van der Waals surface area contributed by atoms with E-state index in [0.717, 1.165) is 0 Å². The molecule has 0 atom stereocenters. The van der Waals surface area contributed by atoms with Gasteiger partial charge in [0.1, 0.15) is 5.75 Å². The van der Waals surface area contributed by atoms with Gasteiger partial charge in [-0.25, -0.2) is 9.59 Å². The molecule has 0 saturated heterocycles. The molecule has 0 saturated carbocycles. The lowest BCUT2D eigenvalue weighted by molar-refractivity contribution is -0.118. The monoisotopic (exact) mass is 343 g/mol. The van der Waals surface area contributed by atoms with Crippen molar-refractivity contribution in [3.8, 4) is 5.75 Å². The van der Waals surface area contributed by atoms with Crippen LogP contribution in [-0.4, -0.2) is 38.7 Å². The zero-order valence-electron chi connectivity index (χ0n) is 13.8. The molecule has 0 aromatic heterocycles. The third-order valence-electron chi connectivity index (χ3n) is 3.21. The lowest BCUT2D eigenvalue weighted by atomic mass is 10.2. The molecule has 0 heterocycles. The molecule has 0 spiro atoms. The first-order chi connectivity index (χ1) is 12.0. The first-order valence-electron chi connectivity index (χ1n) is 7.33. The molecule has 0 unspecified atom stereocenters. The Bertz CT molecular complexity index is 769. The van der Waals surface area contributed by atoms with Gasteiger partial charge in [-0.3, -0.25) is 4.79 Å². The van der Waals surface area contributed by atoms with Crippen LogP contribution < -0.4 is 10.1 Å². The number of hydrogen-bond donors (Lipinski definition) is 1. The van der Waals surface area contributed by atoms with Crippen LogP contribution in [0.2, 0.25) is 0 Å². The van der Waals surface area contributed by atoms with Crippen molar-refractivity contribution in [2.45, 2.75) is 0 Å². The Morgan fingerprint density at radius 3 is 2.16 bits per heavy atom. The molecule has 2 aromatic rings. The number of anilines is 1. The van der Waals surface area contributed by atoms with Gasteiger partial charge in [0.15, 0.2) is 6.61 Å². The van der Waals surface area contributed by atoms with Crippen molar-refractivity contribution >= 4 is 23.5 Å². The van der Waals surface area contributed by atoms with Crippen molar-refractivity contribution in [2.75, 3.05) is 26.1 Å². The van der Waals surface area contributed by atoms with Gasteiger partial charge in [-0.15, -0.1) is 0 Å². The molecule has 1 N–H and O–H groups in total. The minimum absolute atomic E-state index is 0.233. The van der Waals surface area contributed by atoms with E-state index in [1.54, 1.807) is 42.5 Å². The zero-order chi connectivity index (χ0) is 18.2. The number of amides is 1. The van der Waals surface area contributed by atoms with Crippen molar-refractivity contribution in [3.63, 3.8) is 0 Å². The molecule has 25 heavy (non-hydrogen) atoms. The molecule has 1 amide bonds. The molecule has 130 valence electrons. The molecule has 2 aromatic carbocycles. The van der Waals surface area contributed by atoms with Crippen LogP contribution in [0.4, 0.5) is 5.69 Å². The van der Waals surface area contributed by atoms with Crippen LogP contribution in [-0.2, 0) is 14.3 Å². The Morgan fingerprint density at radius 2 is 1.52 bits per heavy atom. The van der Waals surface area contributed by atoms with Crippen molar-refractivity contribution in [3.05, 3.63) is 59.7 Å². The maximum Gasteiger partial charge on any atom is 0.337 e. The summed E-state index contributed by atoms with van der Waals surface area (Å²) in [5.74, 6) is -0.944. The molecule has 0 aliphatic carbocycles. The third kappa shape index (κ3) is 5.07. The van der Waals surface area contributed by atoms with E-state index in [2.05, 4.69) is 14.8 Å². The van der Waals surface area contributed by atoms with Gasteiger partial charge in [-0.05, 0) is 42.5 Å². The Hall–Kier alpha value is -3.35. The number of ether oxygens (including phenoxy) is 3. The summed E-state index contributed by atoms with van der Waals surface area (Å²) in [5, 5.41) is 2.64. The Morgan fingerprint density at radius 1 is 0.880 bits per heavy atom. The van der Waals surface area contributed by atoms with E-state index in [0.29, 0.717) is 22.6 Å². The summed E-state index contributed by atoms with van der Waals surface area (Å²) in [4.78, 5) is 34.7. The lowest BCUT2D eigenvalue weighted by Gasteiger charge is -2.09. The number of carbonyl (C=O) groups excluding carboxylic acids is 3. The van der Waals surface area contributed by atoms with Crippen molar-refractivity contribution < 1.29 is 28.6 Å². The third-order valence-corrected chi connectivity index (χ3v) is 3.21. The molecular weight excluding hydrogens is 326 g/mol. The fraction of sp³-hybridized carbons (Fsp3) is 0.167. The number of nitrogens with one attached hydrogen (secondary N) is 1. The average Bonchev–Trinajstić information content (AvgIpc) is 2.66. The highest BCUT2D eigenvalue weighted by atomic mass is 16.5. The summed E-state index contributed by atoms with van der Waals surface area (Å²) in [6, 6.07) is 12.6. The highest BCUT2D eigenvalue weighted by Crippen LogP contribution is 2.15. The second-order valence-electron chi connectivity index (χ2n) is 4.93. The zero-order valence-corrected chi connectivity index (χ0v) is 13.8. The van der Waals surface area contributed by atoms with E-state index in [-0.39, 0.29) is 12.5 Å². The van der Waals surface area contributed by atoms with Gasteiger partial charge in [-0.2, -0.15) is 0 Å². The van der Waals surface area contributed by atoms with Gasteiger partial charge in [-0.1, -0.05) is 6.07 Å². The summed E-state index contributed by atoms with van der Waals surface area (Å²) in [6.07, 6.45) is 0. The maximum atomic E-state index is 11.9. The number of hydrogen-bond acceptors (Lipinski definition) is 6. The number of methoxy groups -OCH3 is 2. The molecule has 7 heteroatoms. The number of rotatable bonds is 6.